The molecule has 0 saturated carbocycles. The number of likely N-dealkylation sites (tertiary alicyclic amines) is 1. The smallest absolute Gasteiger partial charge is 0.258 e. The van der Waals surface area contributed by atoms with Gasteiger partial charge in [0, 0.05) is 13.1 Å². The van der Waals surface area contributed by atoms with E-state index in [0.717, 1.165) is 19.3 Å². The Hall–Kier alpha value is -2.82. The van der Waals surface area contributed by atoms with Crippen molar-refractivity contribution in [3.8, 4) is 5.75 Å². The summed E-state index contributed by atoms with van der Waals surface area (Å²) in [4.78, 5) is 27.9. The van der Waals surface area contributed by atoms with E-state index in [2.05, 4.69) is 36.5 Å². The second-order valence-electron chi connectivity index (χ2n) is 8.74. The predicted molar refractivity (Wildman–Crippen MR) is 117 cm³/mol. The Labute approximate surface area is 178 Å². The molecule has 1 heterocycles. The van der Waals surface area contributed by atoms with Crippen LogP contribution in [0, 0.1) is 5.41 Å². The molecule has 5 nitrogen and oxygen atoms in total. The van der Waals surface area contributed by atoms with Gasteiger partial charge in [0.05, 0.1) is 12.2 Å². The lowest BCUT2D eigenvalue weighted by atomic mass is 9.87. The molecule has 1 unspecified atom stereocenters. The molecule has 5 heteroatoms. The van der Waals surface area contributed by atoms with Gasteiger partial charge in [0.2, 0.25) is 5.91 Å². The molecular formula is C25H30N2O3. The van der Waals surface area contributed by atoms with Gasteiger partial charge in [0.15, 0.2) is 0 Å². The van der Waals surface area contributed by atoms with E-state index in [9.17, 15) is 9.59 Å². The van der Waals surface area contributed by atoms with Crippen LogP contribution in [0.4, 0.5) is 0 Å². The van der Waals surface area contributed by atoms with E-state index < -0.39 is 6.04 Å². The average molecular weight is 407 g/mol. The van der Waals surface area contributed by atoms with Crippen molar-refractivity contribution in [1.82, 2.24) is 10.2 Å². The number of benzene rings is 2. The summed E-state index contributed by atoms with van der Waals surface area (Å²) in [6.07, 6.45) is 3.48. The molecule has 1 aliphatic heterocycles. The maximum atomic E-state index is 13.2. The fraction of sp³-hybridized carbons (Fsp3) is 0.440. The van der Waals surface area contributed by atoms with Crippen LogP contribution in [-0.2, 0) is 17.6 Å². The number of fused-ring (bicyclic) bond motifs is 1. The van der Waals surface area contributed by atoms with Gasteiger partial charge in [-0.25, -0.2) is 0 Å². The molecule has 4 rings (SSSR count). The monoisotopic (exact) mass is 406 g/mol. The summed E-state index contributed by atoms with van der Waals surface area (Å²) in [6.45, 7) is 5.84. The minimum Gasteiger partial charge on any atom is -0.493 e. The number of hydrogen-bond donors (Lipinski definition) is 1. The van der Waals surface area contributed by atoms with Crippen molar-refractivity contribution in [2.75, 3.05) is 19.7 Å². The lowest BCUT2D eigenvalue weighted by Crippen LogP contribution is -2.48. The summed E-state index contributed by atoms with van der Waals surface area (Å²) in [6, 6.07) is 15.4. The minimum atomic E-state index is -0.417. The SMILES string of the molecule is CCOc1ccccc1C(=O)N1CCCC1C(=O)NCC1(C)Cc2ccccc2C1. The third-order valence-electron chi connectivity index (χ3n) is 6.28. The molecule has 2 amide bonds. The molecule has 2 aliphatic rings. The first-order valence-electron chi connectivity index (χ1n) is 10.9. The van der Waals surface area contributed by atoms with E-state index in [4.69, 9.17) is 4.74 Å². The van der Waals surface area contributed by atoms with E-state index in [1.165, 1.54) is 11.1 Å². The first-order chi connectivity index (χ1) is 14.5. The second-order valence-corrected chi connectivity index (χ2v) is 8.74. The summed E-state index contributed by atoms with van der Waals surface area (Å²) >= 11 is 0. The number of carbonyl (C=O) groups excluding carboxylic acids is 2. The van der Waals surface area contributed by atoms with Gasteiger partial charge in [0.1, 0.15) is 11.8 Å². The van der Waals surface area contributed by atoms with E-state index in [-0.39, 0.29) is 17.2 Å². The number of hydrogen-bond acceptors (Lipinski definition) is 3. The highest BCUT2D eigenvalue weighted by Crippen LogP contribution is 2.36. The second kappa shape index (κ2) is 8.50. The quantitative estimate of drug-likeness (QED) is 0.797. The molecule has 30 heavy (non-hydrogen) atoms. The van der Waals surface area contributed by atoms with Gasteiger partial charge in [0.25, 0.3) is 5.91 Å². The van der Waals surface area contributed by atoms with Crippen LogP contribution in [0.5, 0.6) is 5.75 Å². The molecule has 2 aromatic rings. The zero-order valence-electron chi connectivity index (χ0n) is 17.8. The normalized spacial score (nSPS) is 19.4. The van der Waals surface area contributed by atoms with Gasteiger partial charge in [-0.05, 0) is 61.3 Å². The maximum absolute atomic E-state index is 13.2. The Kier molecular flexibility index (Phi) is 5.80. The number of nitrogens with zero attached hydrogens (tertiary/aromatic N) is 1. The van der Waals surface area contributed by atoms with Crippen molar-refractivity contribution >= 4 is 11.8 Å². The average Bonchev–Trinajstić information content (AvgIpc) is 3.36. The van der Waals surface area contributed by atoms with Crippen molar-refractivity contribution in [2.24, 2.45) is 5.41 Å². The first kappa shape index (κ1) is 20.5. The third-order valence-corrected chi connectivity index (χ3v) is 6.28. The van der Waals surface area contributed by atoms with E-state index in [0.29, 0.717) is 37.4 Å². The van der Waals surface area contributed by atoms with Crippen LogP contribution in [0.2, 0.25) is 0 Å². The molecule has 1 atom stereocenters. The van der Waals surface area contributed by atoms with Crippen molar-refractivity contribution in [3.05, 3.63) is 65.2 Å². The third kappa shape index (κ3) is 4.07. The number of carbonyl (C=O) groups is 2. The molecule has 1 fully saturated rings. The Balaban J connectivity index is 1.41. The molecule has 2 aromatic carbocycles. The van der Waals surface area contributed by atoms with Crippen LogP contribution < -0.4 is 10.1 Å². The van der Waals surface area contributed by atoms with Crippen LogP contribution in [0.25, 0.3) is 0 Å². The molecule has 158 valence electrons. The van der Waals surface area contributed by atoms with E-state index >= 15 is 0 Å². The number of ether oxygens (including phenoxy) is 1. The Bertz CT molecular complexity index is 914. The minimum absolute atomic E-state index is 0.0222. The van der Waals surface area contributed by atoms with Gasteiger partial charge in [-0.15, -0.1) is 0 Å². The van der Waals surface area contributed by atoms with Crippen molar-refractivity contribution in [2.45, 2.75) is 45.6 Å². The highest BCUT2D eigenvalue weighted by atomic mass is 16.5. The van der Waals surface area contributed by atoms with Crippen LogP contribution in [0.1, 0.15) is 48.2 Å². The first-order valence-corrected chi connectivity index (χ1v) is 10.9. The molecule has 1 saturated heterocycles. The highest BCUT2D eigenvalue weighted by Gasteiger charge is 2.38. The van der Waals surface area contributed by atoms with Crippen LogP contribution in [0.15, 0.2) is 48.5 Å². The summed E-state index contributed by atoms with van der Waals surface area (Å²) in [5.74, 6) is 0.399. The van der Waals surface area contributed by atoms with Gasteiger partial charge >= 0.3 is 0 Å². The van der Waals surface area contributed by atoms with E-state index in [1.54, 1.807) is 17.0 Å². The van der Waals surface area contributed by atoms with Gasteiger partial charge in [-0.2, -0.15) is 0 Å². The maximum Gasteiger partial charge on any atom is 0.258 e. The summed E-state index contributed by atoms with van der Waals surface area (Å²) in [7, 11) is 0. The Morgan fingerprint density at radius 3 is 2.47 bits per heavy atom. The molecule has 1 aliphatic carbocycles. The van der Waals surface area contributed by atoms with Crippen LogP contribution >= 0.6 is 0 Å². The van der Waals surface area contributed by atoms with Gasteiger partial charge in [-0.1, -0.05) is 43.3 Å². The Morgan fingerprint density at radius 2 is 1.77 bits per heavy atom. The molecule has 0 aromatic heterocycles. The van der Waals surface area contributed by atoms with Gasteiger partial charge < -0.3 is 15.0 Å². The Morgan fingerprint density at radius 1 is 1.10 bits per heavy atom. The topological polar surface area (TPSA) is 58.6 Å². The number of rotatable bonds is 6. The molecule has 1 N–H and O–H groups in total. The lowest BCUT2D eigenvalue weighted by Gasteiger charge is -2.28. The fourth-order valence-corrected chi connectivity index (χ4v) is 4.79. The molecule has 0 radical (unpaired) electrons. The zero-order valence-corrected chi connectivity index (χ0v) is 17.8. The highest BCUT2D eigenvalue weighted by molar-refractivity contribution is 6.00. The number of amides is 2. The summed E-state index contributed by atoms with van der Waals surface area (Å²) in [5, 5.41) is 3.15. The largest absolute Gasteiger partial charge is 0.493 e. The van der Waals surface area contributed by atoms with Crippen molar-refractivity contribution in [1.29, 1.82) is 0 Å². The zero-order chi connectivity index (χ0) is 21.1. The fourth-order valence-electron chi connectivity index (χ4n) is 4.79. The summed E-state index contributed by atoms with van der Waals surface area (Å²) < 4.78 is 5.62. The summed E-state index contributed by atoms with van der Waals surface area (Å²) in [5.41, 5.74) is 3.30. The molecular weight excluding hydrogens is 376 g/mol. The van der Waals surface area contributed by atoms with Gasteiger partial charge in [-0.3, -0.25) is 9.59 Å². The van der Waals surface area contributed by atoms with E-state index in [1.807, 2.05) is 19.1 Å². The lowest BCUT2D eigenvalue weighted by molar-refractivity contribution is -0.125. The van der Waals surface area contributed by atoms with Crippen molar-refractivity contribution in [3.63, 3.8) is 0 Å². The van der Waals surface area contributed by atoms with Crippen molar-refractivity contribution < 1.29 is 14.3 Å². The standard InChI is InChI=1S/C25H30N2O3/c1-3-30-22-13-7-6-11-20(22)24(29)27-14-8-12-21(27)23(28)26-17-25(2)15-18-9-4-5-10-19(18)16-25/h4-7,9-11,13,21H,3,8,12,14-17H2,1-2H3,(H,26,28). The molecule has 0 bridgehead atoms. The molecule has 0 spiro atoms. The predicted octanol–water partition coefficient (Wildman–Crippen LogP) is 3.61. The van der Waals surface area contributed by atoms with Crippen LogP contribution in [-0.4, -0.2) is 42.5 Å². The number of para-hydroxylation sites is 1. The van der Waals surface area contributed by atoms with Crippen LogP contribution in [0.3, 0.4) is 0 Å². The number of nitrogens with one attached hydrogen (secondary N) is 1.